The second-order valence-corrected chi connectivity index (χ2v) is 8.88. The van der Waals surface area contributed by atoms with Gasteiger partial charge in [0.1, 0.15) is 5.82 Å². The van der Waals surface area contributed by atoms with E-state index >= 15 is 0 Å². The fourth-order valence-electron chi connectivity index (χ4n) is 3.34. The van der Waals surface area contributed by atoms with E-state index in [9.17, 15) is 19.7 Å². The molecule has 0 saturated carbocycles. The number of hydrogen-bond acceptors (Lipinski definition) is 7. The number of nitrogens with one attached hydrogen (secondary N) is 2. The van der Waals surface area contributed by atoms with Crippen molar-refractivity contribution in [3.8, 4) is 0 Å². The first-order chi connectivity index (χ1) is 16.7. The number of allylic oxidation sites excluding steroid dienone is 1. The lowest BCUT2D eigenvalue weighted by molar-refractivity contribution is -0.384. The van der Waals surface area contributed by atoms with E-state index in [-0.39, 0.29) is 29.7 Å². The molecule has 0 bridgehead atoms. The maximum Gasteiger partial charge on any atom is 0.271 e. The molecule has 0 unspecified atom stereocenters. The van der Waals surface area contributed by atoms with Crippen LogP contribution >= 0.6 is 11.8 Å². The zero-order chi connectivity index (χ0) is 25.5. The lowest BCUT2D eigenvalue weighted by atomic mass is 10.1. The van der Waals surface area contributed by atoms with E-state index in [0.29, 0.717) is 28.8 Å². The Kier molecular flexibility index (Phi) is 8.37. The smallest absolute Gasteiger partial charge is 0.271 e. The first-order valence-electron chi connectivity index (χ1n) is 10.8. The van der Waals surface area contributed by atoms with E-state index in [4.69, 9.17) is 0 Å². The summed E-state index contributed by atoms with van der Waals surface area (Å²) in [6.07, 6.45) is 1.67. The molecule has 0 aliphatic carbocycles. The van der Waals surface area contributed by atoms with E-state index in [1.165, 1.54) is 12.1 Å². The summed E-state index contributed by atoms with van der Waals surface area (Å²) >= 11 is 1.15. The molecule has 3 aromatic rings. The molecule has 2 N–H and O–H groups in total. The van der Waals surface area contributed by atoms with E-state index < -0.39 is 4.92 Å². The van der Waals surface area contributed by atoms with Crippen LogP contribution in [0.5, 0.6) is 0 Å². The third kappa shape index (κ3) is 6.76. The molecule has 10 nitrogen and oxygen atoms in total. The summed E-state index contributed by atoms with van der Waals surface area (Å²) in [5.74, 6) is -0.123. The van der Waals surface area contributed by atoms with Gasteiger partial charge >= 0.3 is 0 Å². The fraction of sp³-hybridized carbons (Fsp3) is 0.250. The molecule has 3 rings (SSSR count). The second-order valence-electron chi connectivity index (χ2n) is 7.93. The minimum atomic E-state index is -0.514. The average molecular weight is 495 g/mol. The van der Waals surface area contributed by atoms with Crippen molar-refractivity contribution in [1.29, 1.82) is 0 Å². The van der Waals surface area contributed by atoms with Crippen LogP contribution in [-0.4, -0.2) is 37.3 Å². The van der Waals surface area contributed by atoms with Crippen molar-refractivity contribution in [1.82, 2.24) is 14.8 Å². The number of benzene rings is 2. The molecule has 1 heterocycles. The largest absolute Gasteiger partial charge is 0.325 e. The van der Waals surface area contributed by atoms with Gasteiger partial charge in [-0.3, -0.25) is 19.7 Å². The van der Waals surface area contributed by atoms with Crippen LogP contribution in [0.1, 0.15) is 22.5 Å². The number of non-ortho nitro benzene ring substituents is 1. The van der Waals surface area contributed by atoms with Crippen LogP contribution in [0.15, 0.2) is 54.2 Å². The van der Waals surface area contributed by atoms with E-state index in [1.807, 2.05) is 32.0 Å². The van der Waals surface area contributed by atoms with Gasteiger partial charge in [0.05, 0.1) is 22.8 Å². The molecule has 2 aromatic carbocycles. The molecule has 0 aliphatic rings. The summed E-state index contributed by atoms with van der Waals surface area (Å²) in [5.41, 5.74) is 3.79. The number of nitro groups is 1. The molecule has 0 aliphatic heterocycles. The highest BCUT2D eigenvalue weighted by Crippen LogP contribution is 2.23. The number of rotatable bonds is 10. The Labute approximate surface area is 207 Å². The lowest BCUT2D eigenvalue weighted by Gasteiger charge is -2.11. The molecule has 0 spiro atoms. The van der Waals surface area contributed by atoms with Crippen molar-refractivity contribution >= 4 is 40.6 Å². The number of anilines is 2. The highest BCUT2D eigenvalue weighted by atomic mass is 32.2. The lowest BCUT2D eigenvalue weighted by Crippen LogP contribution is -2.18. The predicted octanol–water partition coefficient (Wildman–Crippen LogP) is 4.21. The van der Waals surface area contributed by atoms with Crippen LogP contribution in [0.2, 0.25) is 0 Å². The quantitative estimate of drug-likeness (QED) is 0.187. The zero-order valence-electron chi connectivity index (χ0n) is 19.7. The number of hydrogen-bond donors (Lipinski definition) is 2. The number of thioether (sulfide) groups is 1. The Morgan fingerprint density at radius 2 is 1.80 bits per heavy atom. The maximum atomic E-state index is 12.6. The van der Waals surface area contributed by atoms with Crippen molar-refractivity contribution in [2.75, 3.05) is 16.4 Å². The van der Waals surface area contributed by atoms with Crippen LogP contribution < -0.4 is 10.6 Å². The number of carbonyl (C=O) groups is 2. The molecule has 0 atom stereocenters. The van der Waals surface area contributed by atoms with Gasteiger partial charge in [-0.05, 0) is 38.0 Å². The first kappa shape index (κ1) is 25.6. The van der Waals surface area contributed by atoms with Crippen LogP contribution in [-0.2, 0) is 22.6 Å². The highest BCUT2D eigenvalue weighted by Gasteiger charge is 2.17. The molecule has 1 aromatic heterocycles. The Hall–Kier alpha value is -3.99. The summed E-state index contributed by atoms with van der Waals surface area (Å²) < 4.78 is 1.73. The Bertz CT molecular complexity index is 1290. The van der Waals surface area contributed by atoms with Crippen LogP contribution in [0.3, 0.4) is 0 Å². The van der Waals surface area contributed by atoms with Gasteiger partial charge in [-0.25, -0.2) is 0 Å². The van der Waals surface area contributed by atoms with Crippen LogP contribution in [0.4, 0.5) is 17.1 Å². The molecule has 182 valence electrons. The highest BCUT2D eigenvalue weighted by molar-refractivity contribution is 7.99. The summed E-state index contributed by atoms with van der Waals surface area (Å²) in [4.78, 5) is 35.6. The summed E-state index contributed by atoms with van der Waals surface area (Å²) in [6, 6.07) is 10.1. The predicted molar refractivity (Wildman–Crippen MR) is 136 cm³/mol. The molecular weight excluding hydrogens is 468 g/mol. The van der Waals surface area contributed by atoms with Crippen molar-refractivity contribution < 1.29 is 14.5 Å². The number of aryl methyl sites for hydroxylation is 3. The third-order valence-electron chi connectivity index (χ3n) is 5.12. The van der Waals surface area contributed by atoms with Crippen LogP contribution in [0, 0.1) is 30.9 Å². The standard InChI is InChI=1S/C24H26N6O4S/c1-5-10-29-21(13-22(31)25-19-9-6-15(2)11-17(19)4)27-28-24(29)35-14-23(32)26-20-12-18(30(33)34)8-7-16(20)3/h5-9,11-12H,1,10,13-14H2,2-4H3,(H,25,31)(H,26,32). The summed E-state index contributed by atoms with van der Waals surface area (Å²) in [7, 11) is 0. The summed E-state index contributed by atoms with van der Waals surface area (Å²) in [5, 5.41) is 25.3. The topological polar surface area (TPSA) is 132 Å². The molecule has 0 fully saturated rings. The Morgan fingerprint density at radius 3 is 2.49 bits per heavy atom. The normalized spacial score (nSPS) is 10.6. The number of carbonyl (C=O) groups excluding carboxylic acids is 2. The van der Waals surface area contributed by atoms with Crippen molar-refractivity contribution in [3.63, 3.8) is 0 Å². The number of amides is 2. The molecule has 35 heavy (non-hydrogen) atoms. The van der Waals surface area contributed by atoms with Gasteiger partial charge in [0.2, 0.25) is 11.8 Å². The van der Waals surface area contributed by atoms with Gasteiger partial charge in [0.15, 0.2) is 5.16 Å². The second kappa shape index (κ2) is 11.4. The van der Waals surface area contributed by atoms with Crippen LogP contribution in [0.25, 0.3) is 0 Å². The van der Waals surface area contributed by atoms with Gasteiger partial charge in [-0.1, -0.05) is 41.6 Å². The third-order valence-corrected chi connectivity index (χ3v) is 6.08. The molecule has 2 amide bonds. The van der Waals surface area contributed by atoms with E-state index in [1.54, 1.807) is 23.6 Å². The SMILES string of the molecule is C=CCn1c(CC(=O)Nc2ccc(C)cc2C)nnc1SCC(=O)Nc1cc([N+](=O)[O-])ccc1C. The van der Waals surface area contributed by atoms with Gasteiger partial charge in [-0.2, -0.15) is 0 Å². The van der Waals surface area contributed by atoms with Gasteiger partial charge in [0, 0.05) is 24.4 Å². The molecule has 0 saturated heterocycles. The summed E-state index contributed by atoms with van der Waals surface area (Å²) in [6.45, 7) is 9.78. The Balaban J connectivity index is 1.65. The zero-order valence-corrected chi connectivity index (χ0v) is 20.5. The van der Waals surface area contributed by atoms with E-state index in [2.05, 4.69) is 27.4 Å². The minimum Gasteiger partial charge on any atom is -0.325 e. The number of nitrogens with zero attached hydrogens (tertiary/aromatic N) is 4. The van der Waals surface area contributed by atoms with Crippen molar-refractivity contribution in [2.24, 2.45) is 0 Å². The Morgan fingerprint density at radius 1 is 1.06 bits per heavy atom. The van der Waals surface area contributed by atoms with E-state index in [0.717, 1.165) is 28.6 Å². The molecule has 0 radical (unpaired) electrons. The minimum absolute atomic E-state index is 0.00612. The van der Waals surface area contributed by atoms with Crippen molar-refractivity contribution in [2.45, 2.75) is 38.9 Å². The molecular formula is C24H26N6O4S. The van der Waals surface area contributed by atoms with Gasteiger partial charge < -0.3 is 15.2 Å². The molecule has 11 heteroatoms. The maximum absolute atomic E-state index is 12.6. The fourth-order valence-corrected chi connectivity index (χ4v) is 4.10. The van der Waals surface area contributed by atoms with Gasteiger partial charge in [-0.15, -0.1) is 16.8 Å². The average Bonchev–Trinajstić information content (AvgIpc) is 3.17. The first-order valence-corrected chi connectivity index (χ1v) is 11.7. The van der Waals surface area contributed by atoms with Gasteiger partial charge in [0.25, 0.3) is 5.69 Å². The number of aromatic nitrogens is 3. The van der Waals surface area contributed by atoms with Crippen molar-refractivity contribution in [3.05, 3.63) is 81.7 Å². The number of nitro benzene ring substituents is 1. The monoisotopic (exact) mass is 494 g/mol.